The Bertz CT molecular complexity index is 822. The van der Waals surface area contributed by atoms with Gasteiger partial charge < -0.3 is 4.84 Å². The molecule has 4 heteroatoms. The molecule has 0 bridgehead atoms. The molecular formula is C19H15NO2S. The van der Waals surface area contributed by atoms with Gasteiger partial charge in [0.1, 0.15) is 0 Å². The van der Waals surface area contributed by atoms with Crippen LogP contribution in [0.3, 0.4) is 0 Å². The standard InChI is InChI=1S/C19H15NO2S/c1-14(21)22-20-12-17(15-8-4-2-5-9-15)19(23)18(13-20)16-10-6-3-7-11-16/h2-13H,1H3. The first kappa shape index (κ1) is 15.2. The third kappa shape index (κ3) is 3.38. The monoisotopic (exact) mass is 321 g/mol. The minimum atomic E-state index is -0.384. The fourth-order valence-corrected chi connectivity index (χ4v) is 2.74. The summed E-state index contributed by atoms with van der Waals surface area (Å²) in [5.74, 6) is -0.384. The lowest BCUT2D eigenvalue weighted by Gasteiger charge is -2.13. The van der Waals surface area contributed by atoms with Gasteiger partial charge in [0.25, 0.3) is 0 Å². The second-order valence-electron chi connectivity index (χ2n) is 5.09. The minimum Gasteiger partial charge on any atom is -0.337 e. The first-order valence-corrected chi connectivity index (χ1v) is 7.62. The van der Waals surface area contributed by atoms with Crippen LogP contribution in [0.15, 0.2) is 73.1 Å². The summed E-state index contributed by atoms with van der Waals surface area (Å²) in [6, 6.07) is 19.7. The number of carbonyl (C=O) groups excluding carboxylic acids is 1. The SMILES string of the molecule is CC(=O)On1cc(-c2ccccc2)c(=S)c(-c2ccccc2)c1. The number of benzene rings is 2. The van der Waals surface area contributed by atoms with Gasteiger partial charge in [-0.1, -0.05) is 72.9 Å². The van der Waals surface area contributed by atoms with E-state index in [2.05, 4.69) is 0 Å². The molecule has 0 aliphatic heterocycles. The molecule has 0 fully saturated rings. The summed E-state index contributed by atoms with van der Waals surface area (Å²) in [6.07, 6.45) is 3.48. The second kappa shape index (κ2) is 6.58. The Balaban J connectivity index is 2.24. The number of hydrogen-bond donors (Lipinski definition) is 0. The Kier molecular flexibility index (Phi) is 4.35. The highest BCUT2D eigenvalue weighted by Gasteiger charge is 2.10. The van der Waals surface area contributed by atoms with Crippen LogP contribution >= 0.6 is 12.2 Å². The fraction of sp³-hybridized carbons (Fsp3) is 0.0526. The Morgan fingerprint density at radius 1 is 0.870 bits per heavy atom. The summed E-state index contributed by atoms with van der Waals surface area (Å²) in [6.45, 7) is 1.37. The van der Waals surface area contributed by atoms with Crippen LogP contribution in [0.1, 0.15) is 6.92 Å². The Labute approximate surface area is 139 Å². The molecule has 1 aromatic heterocycles. The van der Waals surface area contributed by atoms with Crippen LogP contribution in [0.5, 0.6) is 0 Å². The fourth-order valence-electron chi connectivity index (χ4n) is 2.40. The zero-order chi connectivity index (χ0) is 16.2. The Hall–Kier alpha value is -2.72. The smallest absolute Gasteiger partial charge is 0.329 e. The summed E-state index contributed by atoms with van der Waals surface area (Å²) >= 11 is 5.68. The summed E-state index contributed by atoms with van der Waals surface area (Å²) < 4.78 is 2.15. The topological polar surface area (TPSA) is 31.2 Å². The molecule has 1 heterocycles. The van der Waals surface area contributed by atoms with E-state index in [1.807, 2.05) is 60.7 Å². The van der Waals surface area contributed by atoms with Gasteiger partial charge in [-0.15, -0.1) is 0 Å². The van der Waals surface area contributed by atoms with Crippen molar-refractivity contribution >= 4 is 18.2 Å². The number of aromatic nitrogens is 1. The molecular weight excluding hydrogens is 306 g/mol. The molecule has 2 aromatic carbocycles. The van der Waals surface area contributed by atoms with Crippen LogP contribution in [0.2, 0.25) is 0 Å². The van der Waals surface area contributed by atoms with Crippen molar-refractivity contribution in [2.24, 2.45) is 0 Å². The zero-order valence-electron chi connectivity index (χ0n) is 12.6. The molecule has 3 rings (SSSR count). The molecule has 0 atom stereocenters. The molecule has 3 aromatic rings. The van der Waals surface area contributed by atoms with Crippen molar-refractivity contribution in [2.45, 2.75) is 6.92 Å². The van der Waals surface area contributed by atoms with Crippen LogP contribution in [0.4, 0.5) is 0 Å². The van der Waals surface area contributed by atoms with Crippen molar-refractivity contribution < 1.29 is 9.63 Å². The second-order valence-corrected chi connectivity index (χ2v) is 5.50. The van der Waals surface area contributed by atoms with E-state index in [9.17, 15) is 4.79 Å². The first-order valence-electron chi connectivity index (χ1n) is 7.21. The highest BCUT2D eigenvalue weighted by Crippen LogP contribution is 2.28. The average Bonchev–Trinajstić information content (AvgIpc) is 2.57. The molecule has 0 aliphatic carbocycles. The van der Waals surface area contributed by atoms with Gasteiger partial charge in [-0.25, -0.2) is 4.79 Å². The quantitative estimate of drug-likeness (QED) is 0.664. The van der Waals surface area contributed by atoms with Gasteiger partial charge in [0.2, 0.25) is 0 Å². The van der Waals surface area contributed by atoms with Crippen molar-refractivity contribution in [1.29, 1.82) is 0 Å². The lowest BCUT2D eigenvalue weighted by Crippen LogP contribution is -2.16. The Morgan fingerprint density at radius 2 is 1.30 bits per heavy atom. The number of carbonyl (C=O) groups is 1. The normalized spacial score (nSPS) is 10.3. The lowest BCUT2D eigenvalue weighted by molar-refractivity contribution is -0.141. The molecule has 3 nitrogen and oxygen atoms in total. The van der Waals surface area contributed by atoms with E-state index >= 15 is 0 Å². The van der Waals surface area contributed by atoms with Crippen LogP contribution in [0.25, 0.3) is 22.3 Å². The van der Waals surface area contributed by atoms with Crippen molar-refractivity contribution in [1.82, 2.24) is 4.73 Å². The first-order chi connectivity index (χ1) is 11.1. The van der Waals surface area contributed by atoms with Crippen LogP contribution < -0.4 is 4.84 Å². The van der Waals surface area contributed by atoms with E-state index in [4.69, 9.17) is 17.1 Å². The maximum absolute atomic E-state index is 11.3. The van der Waals surface area contributed by atoms with Gasteiger partial charge >= 0.3 is 5.97 Å². The van der Waals surface area contributed by atoms with Crippen molar-refractivity contribution in [3.05, 3.63) is 77.6 Å². The maximum Gasteiger partial charge on any atom is 0.329 e. The van der Waals surface area contributed by atoms with Crippen molar-refractivity contribution in [3.63, 3.8) is 0 Å². The highest BCUT2D eigenvalue weighted by molar-refractivity contribution is 7.71. The van der Waals surface area contributed by atoms with Gasteiger partial charge in [-0.3, -0.25) is 0 Å². The predicted molar refractivity (Wildman–Crippen MR) is 93.4 cm³/mol. The van der Waals surface area contributed by atoms with Crippen LogP contribution in [0, 0.1) is 4.51 Å². The van der Waals surface area contributed by atoms with E-state index in [-0.39, 0.29) is 5.97 Å². The highest BCUT2D eigenvalue weighted by atomic mass is 32.1. The largest absolute Gasteiger partial charge is 0.337 e. The average molecular weight is 321 g/mol. The summed E-state index contributed by atoms with van der Waals surface area (Å²) in [5.41, 5.74) is 3.67. The number of pyridine rings is 1. The van der Waals surface area contributed by atoms with Gasteiger partial charge in [0.15, 0.2) is 0 Å². The van der Waals surface area contributed by atoms with E-state index < -0.39 is 0 Å². The van der Waals surface area contributed by atoms with Gasteiger partial charge in [0.05, 0.1) is 16.9 Å². The number of nitrogens with zero attached hydrogens (tertiary/aromatic N) is 1. The molecule has 23 heavy (non-hydrogen) atoms. The molecule has 0 N–H and O–H groups in total. The Morgan fingerprint density at radius 3 is 1.70 bits per heavy atom. The molecule has 0 unspecified atom stereocenters. The summed E-state index contributed by atoms with van der Waals surface area (Å²) in [4.78, 5) is 16.5. The molecule has 0 spiro atoms. The van der Waals surface area contributed by atoms with E-state index in [0.29, 0.717) is 0 Å². The van der Waals surface area contributed by atoms with Gasteiger partial charge in [0, 0.05) is 18.1 Å². The van der Waals surface area contributed by atoms with E-state index in [0.717, 1.165) is 26.8 Å². The maximum atomic E-state index is 11.3. The third-order valence-electron chi connectivity index (χ3n) is 3.41. The van der Waals surface area contributed by atoms with E-state index in [1.165, 1.54) is 11.7 Å². The molecule has 0 radical (unpaired) electrons. The molecule has 0 saturated carbocycles. The molecule has 114 valence electrons. The van der Waals surface area contributed by atoms with E-state index in [1.54, 1.807) is 12.4 Å². The summed E-state index contributed by atoms with van der Waals surface area (Å²) in [7, 11) is 0. The third-order valence-corrected chi connectivity index (χ3v) is 3.85. The number of rotatable bonds is 3. The molecule has 0 saturated heterocycles. The van der Waals surface area contributed by atoms with Gasteiger partial charge in [-0.2, -0.15) is 4.73 Å². The van der Waals surface area contributed by atoms with Crippen molar-refractivity contribution in [2.75, 3.05) is 0 Å². The van der Waals surface area contributed by atoms with Crippen molar-refractivity contribution in [3.8, 4) is 22.3 Å². The predicted octanol–water partition coefficient (Wildman–Crippen LogP) is 4.53. The number of hydrogen-bond acceptors (Lipinski definition) is 3. The molecule has 0 aliphatic rings. The lowest BCUT2D eigenvalue weighted by atomic mass is 10.0. The van der Waals surface area contributed by atoms with Crippen LogP contribution in [-0.4, -0.2) is 10.7 Å². The minimum absolute atomic E-state index is 0.384. The van der Waals surface area contributed by atoms with Gasteiger partial charge in [-0.05, 0) is 11.1 Å². The van der Waals surface area contributed by atoms with Crippen LogP contribution in [-0.2, 0) is 4.79 Å². The molecule has 0 amide bonds. The summed E-state index contributed by atoms with van der Waals surface area (Å²) in [5, 5.41) is 0. The zero-order valence-corrected chi connectivity index (χ0v) is 13.4.